The highest BCUT2D eigenvalue weighted by Crippen LogP contribution is 2.25. The van der Waals surface area contributed by atoms with Crippen LogP contribution in [0.4, 0.5) is 0 Å². The molecule has 3 unspecified atom stereocenters. The quantitative estimate of drug-likeness (QED) is 0.791. The van der Waals surface area contributed by atoms with Crippen molar-refractivity contribution in [1.82, 2.24) is 10.2 Å². The van der Waals surface area contributed by atoms with E-state index in [1.165, 1.54) is 64.7 Å². The molecular formula is C14H26N2O. The lowest BCUT2D eigenvalue weighted by Crippen LogP contribution is -2.53. The van der Waals surface area contributed by atoms with Gasteiger partial charge in [-0.05, 0) is 57.5 Å². The zero-order valence-electron chi connectivity index (χ0n) is 10.9. The number of nitrogens with zero attached hydrogens (tertiary/aromatic N) is 1. The van der Waals surface area contributed by atoms with Crippen LogP contribution < -0.4 is 5.32 Å². The summed E-state index contributed by atoms with van der Waals surface area (Å²) in [5.41, 5.74) is 0. The third-order valence-electron chi connectivity index (χ3n) is 4.71. The molecule has 0 radical (unpaired) electrons. The number of rotatable bonds is 2. The van der Waals surface area contributed by atoms with Crippen molar-refractivity contribution in [3.63, 3.8) is 0 Å². The topological polar surface area (TPSA) is 24.5 Å². The summed E-state index contributed by atoms with van der Waals surface area (Å²) in [6.07, 6.45) is 8.59. The fourth-order valence-electron chi connectivity index (χ4n) is 3.73. The number of nitrogens with one attached hydrogen (secondary N) is 1. The first-order valence-corrected chi connectivity index (χ1v) is 7.49. The zero-order chi connectivity index (χ0) is 11.5. The summed E-state index contributed by atoms with van der Waals surface area (Å²) >= 11 is 0. The minimum Gasteiger partial charge on any atom is -0.377 e. The smallest absolute Gasteiger partial charge is 0.0702 e. The van der Waals surface area contributed by atoms with E-state index in [0.29, 0.717) is 6.10 Å². The van der Waals surface area contributed by atoms with Crippen LogP contribution in [0, 0.1) is 5.92 Å². The third-order valence-corrected chi connectivity index (χ3v) is 4.71. The molecule has 0 bridgehead atoms. The number of hydrogen-bond acceptors (Lipinski definition) is 3. The Hall–Kier alpha value is -0.120. The average molecular weight is 238 g/mol. The number of fused-ring (bicyclic) bond motifs is 1. The van der Waals surface area contributed by atoms with E-state index in [-0.39, 0.29) is 0 Å². The van der Waals surface area contributed by atoms with Gasteiger partial charge in [-0.25, -0.2) is 0 Å². The molecule has 0 saturated carbocycles. The molecule has 3 heterocycles. The summed E-state index contributed by atoms with van der Waals surface area (Å²) in [6.45, 7) is 5.99. The maximum Gasteiger partial charge on any atom is 0.0702 e. The lowest BCUT2D eigenvalue weighted by Gasteiger charge is -2.43. The van der Waals surface area contributed by atoms with Gasteiger partial charge >= 0.3 is 0 Å². The van der Waals surface area contributed by atoms with Crippen molar-refractivity contribution in [2.75, 3.05) is 32.8 Å². The number of likely N-dealkylation sites (tertiary alicyclic amines) is 1. The van der Waals surface area contributed by atoms with Crippen molar-refractivity contribution >= 4 is 0 Å². The van der Waals surface area contributed by atoms with Crippen molar-refractivity contribution in [1.29, 1.82) is 0 Å². The zero-order valence-corrected chi connectivity index (χ0v) is 10.9. The lowest BCUT2D eigenvalue weighted by molar-refractivity contribution is -0.0174. The van der Waals surface area contributed by atoms with Crippen LogP contribution in [0.1, 0.15) is 38.5 Å². The number of hydrogen-bond donors (Lipinski definition) is 1. The van der Waals surface area contributed by atoms with Gasteiger partial charge in [-0.15, -0.1) is 0 Å². The Kier molecular flexibility index (Phi) is 3.99. The highest BCUT2D eigenvalue weighted by molar-refractivity contribution is 4.88. The molecule has 3 aliphatic rings. The molecule has 3 aliphatic heterocycles. The summed E-state index contributed by atoms with van der Waals surface area (Å²) in [5, 5.41) is 3.69. The van der Waals surface area contributed by atoms with Gasteiger partial charge in [0.15, 0.2) is 0 Å². The molecule has 0 aromatic rings. The number of ether oxygens (including phenoxy) is 1. The van der Waals surface area contributed by atoms with Gasteiger partial charge in [0.1, 0.15) is 0 Å². The van der Waals surface area contributed by atoms with E-state index in [1.54, 1.807) is 0 Å². The summed E-state index contributed by atoms with van der Waals surface area (Å²) < 4.78 is 5.86. The van der Waals surface area contributed by atoms with Gasteiger partial charge < -0.3 is 15.0 Å². The Balaban J connectivity index is 1.48. The second kappa shape index (κ2) is 5.68. The predicted octanol–water partition coefficient (Wildman–Crippen LogP) is 1.63. The highest BCUT2D eigenvalue weighted by Gasteiger charge is 2.31. The second-order valence-electron chi connectivity index (χ2n) is 6.00. The van der Waals surface area contributed by atoms with Crippen LogP contribution in [-0.2, 0) is 4.74 Å². The SMILES string of the molecule is C1CCC(CN2CCC3NCCCC3C2)OC1. The number of piperidine rings is 2. The normalized spacial score (nSPS) is 39.9. The minimum atomic E-state index is 0.525. The molecule has 0 aromatic carbocycles. The van der Waals surface area contributed by atoms with Crippen LogP contribution >= 0.6 is 0 Å². The fraction of sp³-hybridized carbons (Fsp3) is 1.00. The first-order valence-electron chi connectivity index (χ1n) is 7.49. The van der Waals surface area contributed by atoms with Crippen molar-refractivity contribution in [3.8, 4) is 0 Å². The Morgan fingerprint density at radius 2 is 2.12 bits per heavy atom. The second-order valence-corrected chi connectivity index (χ2v) is 6.00. The van der Waals surface area contributed by atoms with Crippen molar-refractivity contribution < 1.29 is 4.74 Å². The molecule has 3 heteroatoms. The minimum absolute atomic E-state index is 0.525. The molecule has 0 aliphatic carbocycles. The van der Waals surface area contributed by atoms with Crippen LogP contribution in [0.5, 0.6) is 0 Å². The average Bonchev–Trinajstić information content (AvgIpc) is 2.40. The van der Waals surface area contributed by atoms with E-state index in [9.17, 15) is 0 Å². The van der Waals surface area contributed by atoms with Crippen molar-refractivity contribution in [3.05, 3.63) is 0 Å². The van der Waals surface area contributed by atoms with E-state index in [2.05, 4.69) is 10.2 Å². The Bertz CT molecular complexity index is 238. The molecule has 3 saturated heterocycles. The van der Waals surface area contributed by atoms with Crippen LogP contribution in [0.15, 0.2) is 0 Å². The predicted molar refractivity (Wildman–Crippen MR) is 69.2 cm³/mol. The van der Waals surface area contributed by atoms with Gasteiger partial charge in [-0.3, -0.25) is 0 Å². The molecule has 3 nitrogen and oxygen atoms in total. The summed E-state index contributed by atoms with van der Waals surface area (Å²) in [7, 11) is 0. The van der Waals surface area contributed by atoms with Crippen molar-refractivity contribution in [2.45, 2.75) is 50.7 Å². The van der Waals surface area contributed by atoms with Gasteiger partial charge in [-0.1, -0.05) is 0 Å². The van der Waals surface area contributed by atoms with Crippen LogP contribution in [0.2, 0.25) is 0 Å². The Labute approximate surface area is 105 Å². The van der Waals surface area contributed by atoms with Gasteiger partial charge in [0.05, 0.1) is 6.10 Å². The van der Waals surface area contributed by atoms with Gasteiger partial charge in [0.2, 0.25) is 0 Å². The van der Waals surface area contributed by atoms with E-state index < -0.39 is 0 Å². The van der Waals surface area contributed by atoms with E-state index in [4.69, 9.17) is 4.74 Å². The lowest BCUT2D eigenvalue weighted by atomic mass is 9.85. The van der Waals surface area contributed by atoms with E-state index >= 15 is 0 Å². The largest absolute Gasteiger partial charge is 0.377 e. The van der Waals surface area contributed by atoms with Gasteiger partial charge in [0, 0.05) is 25.7 Å². The Morgan fingerprint density at radius 3 is 3.00 bits per heavy atom. The molecule has 3 fully saturated rings. The molecule has 98 valence electrons. The first kappa shape index (κ1) is 11.9. The fourth-order valence-corrected chi connectivity index (χ4v) is 3.73. The summed E-state index contributed by atoms with van der Waals surface area (Å²) in [5.74, 6) is 0.904. The molecule has 0 aromatic heterocycles. The molecule has 3 atom stereocenters. The van der Waals surface area contributed by atoms with Crippen LogP contribution in [0.25, 0.3) is 0 Å². The molecule has 1 N–H and O–H groups in total. The molecule has 0 spiro atoms. The van der Waals surface area contributed by atoms with Crippen molar-refractivity contribution in [2.24, 2.45) is 5.92 Å². The third kappa shape index (κ3) is 3.01. The van der Waals surface area contributed by atoms with Crippen LogP contribution in [-0.4, -0.2) is 49.8 Å². The van der Waals surface area contributed by atoms with Gasteiger partial charge in [-0.2, -0.15) is 0 Å². The molecular weight excluding hydrogens is 212 g/mol. The first-order chi connectivity index (χ1) is 8.42. The summed E-state index contributed by atoms with van der Waals surface area (Å²) in [6, 6.07) is 0.812. The van der Waals surface area contributed by atoms with Gasteiger partial charge in [0.25, 0.3) is 0 Å². The van der Waals surface area contributed by atoms with Crippen LogP contribution in [0.3, 0.4) is 0 Å². The maximum absolute atomic E-state index is 5.86. The summed E-state index contributed by atoms with van der Waals surface area (Å²) in [4.78, 5) is 2.66. The maximum atomic E-state index is 5.86. The highest BCUT2D eigenvalue weighted by atomic mass is 16.5. The van der Waals surface area contributed by atoms with E-state index in [0.717, 1.165) is 18.6 Å². The monoisotopic (exact) mass is 238 g/mol. The standard InChI is InChI=1S/C14H26N2O/c1-2-9-17-13(5-1)11-16-8-6-14-12(10-16)4-3-7-15-14/h12-15H,1-11H2. The molecule has 0 amide bonds. The molecule has 3 rings (SSSR count). The molecule has 17 heavy (non-hydrogen) atoms. The Morgan fingerprint density at radius 1 is 1.12 bits per heavy atom. The van der Waals surface area contributed by atoms with E-state index in [1.807, 2.05) is 0 Å².